The summed E-state index contributed by atoms with van der Waals surface area (Å²) in [4.78, 5) is 9.30. The molecule has 1 heterocycles. The van der Waals surface area contributed by atoms with Crippen molar-refractivity contribution in [1.82, 2.24) is 9.97 Å². The van der Waals surface area contributed by atoms with Crippen LogP contribution in [0.1, 0.15) is 32.3 Å². The van der Waals surface area contributed by atoms with Gasteiger partial charge in [0, 0.05) is 15.3 Å². The predicted octanol–water partition coefficient (Wildman–Crippen LogP) is 5.28. The first-order valence-electron chi connectivity index (χ1n) is 7.21. The molecule has 0 aliphatic rings. The van der Waals surface area contributed by atoms with Crippen molar-refractivity contribution in [1.29, 1.82) is 0 Å². The van der Waals surface area contributed by atoms with E-state index in [1.807, 2.05) is 24.3 Å². The summed E-state index contributed by atoms with van der Waals surface area (Å²) < 4.78 is 5.85. The number of rotatable bonds is 5. The first kappa shape index (κ1) is 17.6. The van der Waals surface area contributed by atoms with Crippen LogP contribution >= 0.6 is 23.4 Å². The predicted molar refractivity (Wildman–Crippen MR) is 95.1 cm³/mol. The lowest BCUT2D eigenvalue weighted by atomic mass is 9.96. The molecule has 1 aromatic heterocycles. The fourth-order valence-electron chi connectivity index (χ4n) is 1.79. The van der Waals surface area contributed by atoms with Gasteiger partial charge in [0.15, 0.2) is 0 Å². The summed E-state index contributed by atoms with van der Waals surface area (Å²) in [6.07, 6.45) is 0. The van der Waals surface area contributed by atoms with Gasteiger partial charge in [-0.25, -0.2) is 4.98 Å². The zero-order valence-corrected chi connectivity index (χ0v) is 16.2. The van der Waals surface area contributed by atoms with Gasteiger partial charge in [-0.15, -0.1) is 0 Å². The van der Waals surface area contributed by atoms with E-state index in [0.29, 0.717) is 6.61 Å². The van der Waals surface area contributed by atoms with Crippen LogP contribution in [0.4, 0.5) is 0 Å². The first-order valence-corrected chi connectivity index (χ1v) is 10.8. The van der Waals surface area contributed by atoms with E-state index in [9.17, 15) is 0 Å². The molecular weight excluding hydrogens is 332 g/mol. The number of hydrogen-bond acceptors (Lipinski definition) is 3. The topological polar surface area (TPSA) is 37.9 Å². The quantitative estimate of drug-likeness (QED) is 0.743. The monoisotopic (exact) mass is 353 g/mol. The van der Waals surface area contributed by atoms with E-state index in [4.69, 9.17) is 21.0 Å². The Labute approximate surface area is 143 Å². The molecule has 0 unspecified atom stereocenters. The van der Waals surface area contributed by atoms with Gasteiger partial charge >= 0.3 is 0 Å². The summed E-state index contributed by atoms with van der Waals surface area (Å²) in [5.74, 6) is 0.983. The van der Waals surface area contributed by atoms with Gasteiger partial charge in [-0.05, 0) is 31.3 Å². The van der Waals surface area contributed by atoms with Crippen LogP contribution < -0.4 is 0 Å². The molecule has 0 saturated carbocycles. The Morgan fingerprint density at radius 2 is 2.05 bits per heavy atom. The highest BCUT2D eigenvalue weighted by Crippen LogP contribution is 2.33. The van der Waals surface area contributed by atoms with Crippen molar-refractivity contribution in [3.8, 4) is 0 Å². The van der Waals surface area contributed by atoms with E-state index in [1.165, 1.54) is 0 Å². The molecule has 0 saturated heterocycles. The second-order valence-electron chi connectivity index (χ2n) is 6.38. The van der Waals surface area contributed by atoms with Gasteiger partial charge < -0.3 is 9.41 Å². The average Bonchev–Trinajstić information content (AvgIpc) is 2.79. The van der Waals surface area contributed by atoms with Crippen LogP contribution in [0.15, 0.2) is 34.2 Å². The van der Waals surface area contributed by atoms with Crippen LogP contribution in [-0.4, -0.2) is 19.0 Å². The first-order chi connectivity index (χ1) is 10.3. The van der Waals surface area contributed by atoms with Crippen molar-refractivity contribution in [2.24, 2.45) is 0 Å². The molecule has 0 atom stereocenters. The summed E-state index contributed by atoms with van der Waals surface area (Å²) in [6.45, 7) is 11.3. The molecule has 1 aromatic carbocycles. The second kappa shape index (κ2) is 7.21. The van der Waals surface area contributed by atoms with E-state index in [1.54, 1.807) is 11.8 Å². The summed E-state index contributed by atoms with van der Waals surface area (Å²) in [5.41, 5.74) is 1.02. The third kappa shape index (κ3) is 4.88. The van der Waals surface area contributed by atoms with Crippen molar-refractivity contribution in [2.45, 2.75) is 55.8 Å². The Morgan fingerprint density at radius 1 is 1.32 bits per heavy atom. The number of nitrogens with zero attached hydrogens (tertiary/aromatic N) is 1. The normalized spacial score (nSPS) is 12.1. The summed E-state index contributed by atoms with van der Waals surface area (Å²) in [7, 11) is -0.731. The maximum absolute atomic E-state index is 6.07. The summed E-state index contributed by atoms with van der Waals surface area (Å²) in [6, 6.07) is 7.83. The number of nitrogens with one attached hydrogen (secondary N) is 1. The Bertz CT molecular complexity index is 637. The standard InChI is InChI=1S/C16H22ClN2OSSi/c1-16(2,3)15-18-13(10-20-22(4)5)14(19-15)21-12-8-6-7-11(17)9-12/h6-9H,10H2,1-5H3,(H,18,19). The largest absolute Gasteiger partial charge is 0.411 e. The average molecular weight is 354 g/mol. The number of hydrogen-bond donors (Lipinski definition) is 1. The van der Waals surface area contributed by atoms with Crippen LogP contribution in [0.25, 0.3) is 0 Å². The number of aromatic amines is 1. The van der Waals surface area contributed by atoms with Gasteiger partial charge in [-0.2, -0.15) is 0 Å². The number of benzene rings is 1. The van der Waals surface area contributed by atoms with Crippen LogP contribution in [0.5, 0.6) is 0 Å². The summed E-state index contributed by atoms with van der Waals surface area (Å²) >= 11 is 7.69. The van der Waals surface area contributed by atoms with Gasteiger partial charge in [0.2, 0.25) is 9.04 Å². The lowest BCUT2D eigenvalue weighted by Gasteiger charge is -2.14. The highest BCUT2D eigenvalue weighted by Gasteiger charge is 2.21. The van der Waals surface area contributed by atoms with Gasteiger partial charge in [0.05, 0.1) is 12.3 Å². The fraction of sp³-hybridized carbons (Fsp3) is 0.438. The van der Waals surface area contributed by atoms with Crippen molar-refractivity contribution >= 4 is 32.4 Å². The molecule has 2 rings (SSSR count). The van der Waals surface area contributed by atoms with Crippen molar-refractivity contribution in [3.63, 3.8) is 0 Å². The lowest BCUT2D eigenvalue weighted by Crippen LogP contribution is -2.13. The molecule has 0 bridgehead atoms. The highest BCUT2D eigenvalue weighted by molar-refractivity contribution is 7.99. The van der Waals surface area contributed by atoms with Crippen LogP contribution in [0.3, 0.4) is 0 Å². The zero-order chi connectivity index (χ0) is 16.3. The van der Waals surface area contributed by atoms with Crippen LogP contribution in [0.2, 0.25) is 18.1 Å². The lowest BCUT2D eigenvalue weighted by molar-refractivity contribution is 0.306. The third-order valence-electron chi connectivity index (χ3n) is 2.97. The fourth-order valence-corrected chi connectivity index (χ4v) is 3.40. The SMILES string of the molecule is C[Si](C)OCc1[nH]c(C(C)(C)C)nc1Sc1cccc(Cl)c1. The Kier molecular flexibility index (Phi) is 5.77. The van der Waals surface area contributed by atoms with E-state index in [2.05, 4.69) is 38.8 Å². The van der Waals surface area contributed by atoms with Crippen LogP contribution in [0, 0.1) is 0 Å². The van der Waals surface area contributed by atoms with Gasteiger partial charge in [0.25, 0.3) is 0 Å². The zero-order valence-electron chi connectivity index (χ0n) is 13.7. The maximum atomic E-state index is 6.07. The molecule has 22 heavy (non-hydrogen) atoms. The second-order valence-corrected chi connectivity index (χ2v) is 9.98. The van der Waals surface area contributed by atoms with Gasteiger partial charge in [-0.3, -0.25) is 0 Å². The Morgan fingerprint density at radius 3 is 2.64 bits per heavy atom. The van der Waals surface area contributed by atoms with Crippen LogP contribution in [-0.2, 0) is 16.4 Å². The molecule has 0 spiro atoms. The number of aromatic nitrogens is 2. The number of H-pyrrole nitrogens is 1. The number of halogens is 1. The number of imidazole rings is 1. The molecule has 3 nitrogen and oxygen atoms in total. The van der Waals surface area contributed by atoms with E-state index in [-0.39, 0.29) is 5.41 Å². The molecule has 1 radical (unpaired) electrons. The van der Waals surface area contributed by atoms with E-state index in [0.717, 1.165) is 26.5 Å². The molecule has 0 fully saturated rings. The van der Waals surface area contributed by atoms with Crippen molar-refractivity contribution in [3.05, 3.63) is 40.8 Å². The van der Waals surface area contributed by atoms with Crippen molar-refractivity contribution in [2.75, 3.05) is 0 Å². The van der Waals surface area contributed by atoms with Crippen molar-refractivity contribution < 1.29 is 4.43 Å². The molecule has 2 aromatic rings. The molecule has 6 heteroatoms. The van der Waals surface area contributed by atoms with E-state index >= 15 is 0 Å². The van der Waals surface area contributed by atoms with E-state index < -0.39 is 9.04 Å². The molecule has 0 amide bonds. The Hall–Kier alpha value is -0.753. The highest BCUT2D eigenvalue weighted by atomic mass is 35.5. The maximum Gasteiger partial charge on any atom is 0.205 e. The molecule has 0 aliphatic carbocycles. The van der Waals surface area contributed by atoms with Gasteiger partial charge in [0.1, 0.15) is 10.9 Å². The molecule has 119 valence electrons. The minimum atomic E-state index is -0.731. The minimum Gasteiger partial charge on any atom is -0.411 e. The molecule has 0 aliphatic heterocycles. The van der Waals surface area contributed by atoms with Gasteiger partial charge in [-0.1, -0.05) is 50.2 Å². The Balaban J connectivity index is 2.29. The third-order valence-corrected chi connectivity index (χ3v) is 4.94. The minimum absolute atomic E-state index is 0.0197. The smallest absolute Gasteiger partial charge is 0.205 e. The molecular formula is C16H22ClN2OSSi. The molecule has 1 N–H and O–H groups in total. The summed E-state index contributed by atoms with van der Waals surface area (Å²) in [5, 5.41) is 1.71.